The highest BCUT2D eigenvalue weighted by molar-refractivity contribution is 4.76. The molecule has 0 radical (unpaired) electrons. The summed E-state index contributed by atoms with van der Waals surface area (Å²) in [5, 5.41) is 3.35. The van der Waals surface area contributed by atoms with Gasteiger partial charge < -0.3 is 10.2 Å². The molecule has 0 atom stereocenters. The molecule has 2 nitrogen and oxygen atoms in total. The van der Waals surface area contributed by atoms with Crippen molar-refractivity contribution in [1.82, 2.24) is 10.2 Å². The standard InChI is InChI=1S/C13H26N2/c1-2-12-5-8-15(9-6-12)7-3-4-13-10-14-11-13/h12-14H,2-11H2,1H3. The summed E-state index contributed by atoms with van der Waals surface area (Å²) in [6, 6.07) is 0. The van der Waals surface area contributed by atoms with Gasteiger partial charge in [0.15, 0.2) is 0 Å². The molecule has 2 aliphatic rings. The Morgan fingerprint density at radius 1 is 1.13 bits per heavy atom. The second-order valence-electron chi connectivity index (χ2n) is 5.36. The van der Waals surface area contributed by atoms with Crippen molar-refractivity contribution < 1.29 is 0 Å². The third-order valence-corrected chi connectivity index (χ3v) is 4.24. The Balaban J connectivity index is 1.52. The van der Waals surface area contributed by atoms with Gasteiger partial charge in [0.1, 0.15) is 0 Å². The van der Waals surface area contributed by atoms with Crippen LogP contribution in [0.4, 0.5) is 0 Å². The Kier molecular flexibility index (Phi) is 4.45. The lowest BCUT2D eigenvalue weighted by atomic mass is 9.93. The van der Waals surface area contributed by atoms with E-state index in [1.165, 1.54) is 64.8 Å². The maximum Gasteiger partial charge on any atom is -0.000825 e. The van der Waals surface area contributed by atoms with Crippen LogP contribution in [-0.2, 0) is 0 Å². The van der Waals surface area contributed by atoms with E-state index in [0.717, 1.165) is 11.8 Å². The lowest BCUT2D eigenvalue weighted by molar-refractivity contribution is 0.173. The Morgan fingerprint density at radius 3 is 2.40 bits per heavy atom. The van der Waals surface area contributed by atoms with Gasteiger partial charge in [0.2, 0.25) is 0 Å². The fourth-order valence-corrected chi connectivity index (χ4v) is 2.77. The monoisotopic (exact) mass is 210 g/mol. The van der Waals surface area contributed by atoms with Gasteiger partial charge in [-0.15, -0.1) is 0 Å². The molecular weight excluding hydrogens is 184 g/mol. The second-order valence-corrected chi connectivity index (χ2v) is 5.36. The highest BCUT2D eigenvalue weighted by Gasteiger charge is 2.19. The van der Waals surface area contributed by atoms with E-state index in [2.05, 4.69) is 17.1 Å². The number of nitrogens with one attached hydrogen (secondary N) is 1. The molecule has 0 saturated carbocycles. The summed E-state index contributed by atoms with van der Waals surface area (Å²) in [5.41, 5.74) is 0. The lowest BCUT2D eigenvalue weighted by Crippen LogP contribution is -2.42. The minimum atomic E-state index is 0.998. The largest absolute Gasteiger partial charge is 0.316 e. The maximum atomic E-state index is 3.35. The molecule has 15 heavy (non-hydrogen) atoms. The summed E-state index contributed by atoms with van der Waals surface area (Å²) in [7, 11) is 0. The van der Waals surface area contributed by atoms with Crippen LogP contribution in [0.5, 0.6) is 0 Å². The molecule has 0 spiro atoms. The van der Waals surface area contributed by atoms with Crippen molar-refractivity contribution >= 4 is 0 Å². The highest BCUT2D eigenvalue weighted by atomic mass is 15.1. The van der Waals surface area contributed by atoms with Crippen LogP contribution >= 0.6 is 0 Å². The van der Waals surface area contributed by atoms with E-state index in [9.17, 15) is 0 Å². The SMILES string of the molecule is CCC1CCN(CCCC2CNC2)CC1. The summed E-state index contributed by atoms with van der Waals surface area (Å²) in [5.74, 6) is 2.02. The molecular formula is C13H26N2. The molecule has 88 valence electrons. The fourth-order valence-electron chi connectivity index (χ4n) is 2.77. The molecule has 2 heterocycles. The van der Waals surface area contributed by atoms with Crippen molar-refractivity contribution in [3.8, 4) is 0 Å². The van der Waals surface area contributed by atoms with E-state index in [4.69, 9.17) is 0 Å². The average Bonchev–Trinajstić information content (AvgIpc) is 2.23. The molecule has 0 aromatic carbocycles. The first kappa shape index (κ1) is 11.4. The first-order valence-electron chi connectivity index (χ1n) is 6.81. The zero-order valence-corrected chi connectivity index (χ0v) is 10.2. The van der Waals surface area contributed by atoms with Crippen LogP contribution in [0.25, 0.3) is 0 Å². The lowest BCUT2D eigenvalue weighted by Gasteiger charge is -2.32. The summed E-state index contributed by atoms with van der Waals surface area (Å²) >= 11 is 0. The van der Waals surface area contributed by atoms with Gasteiger partial charge in [-0.2, -0.15) is 0 Å². The van der Waals surface area contributed by atoms with Crippen LogP contribution in [0.1, 0.15) is 39.0 Å². The molecule has 0 amide bonds. The Bertz CT molecular complexity index is 169. The molecule has 0 aromatic heterocycles. The van der Waals surface area contributed by atoms with Gasteiger partial charge in [0.25, 0.3) is 0 Å². The van der Waals surface area contributed by atoms with Crippen molar-refractivity contribution in [3.05, 3.63) is 0 Å². The quantitative estimate of drug-likeness (QED) is 0.747. The average molecular weight is 210 g/mol. The first-order valence-corrected chi connectivity index (χ1v) is 6.81. The van der Waals surface area contributed by atoms with Crippen molar-refractivity contribution in [2.75, 3.05) is 32.7 Å². The topological polar surface area (TPSA) is 15.3 Å². The Hall–Kier alpha value is -0.0800. The smallest absolute Gasteiger partial charge is 0.000825 e. The number of likely N-dealkylation sites (tertiary alicyclic amines) is 1. The van der Waals surface area contributed by atoms with Crippen molar-refractivity contribution in [2.24, 2.45) is 11.8 Å². The van der Waals surface area contributed by atoms with Crippen molar-refractivity contribution in [1.29, 1.82) is 0 Å². The van der Waals surface area contributed by atoms with E-state index in [-0.39, 0.29) is 0 Å². The molecule has 1 N–H and O–H groups in total. The summed E-state index contributed by atoms with van der Waals surface area (Å²) in [6.45, 7) is 8.97. The minimum absolute atomic E-state index is 0.998. The normalized spacial score (nSPS) is 25.4. The number of hydrogen-bond acceptors (Lipinski definition) is 2. The van der Waals surface area contributed by atoms with E-state index >= 15 is 0 Å². The second kappa shape index (κ2) is 5.86. The predicted octanol–water partition coefficient (Wildman–Crippen LogP) is 2.11. The van der Waals surface area contributed by atoms with Crippen LogP contribution in [-0.4, -0.2) is 37.6 Å². The van der Waals surface area contributed by atoms with Crippen LogP contribution in [0.15, 0.2) is 0 Å². The van der Waals surface area contributed by atoms with Crippen LogP contribution in [0.2, 0.25) is 0 Å². The number of piperidine rings is 1. The molecule has 0 unspecified atom stereocenters. The molecule has 2 saturated heterocycles. The minimum Gasteiger partial charge on any atom is -0.316 e. The Labute approximate surface area is 94.4 Å². The number of hydrogen-bond donors (Lipinski definition) is 1. The predicted molar refractivity (Wildman–Crippen MR) is 65.0 cm³/mol. The highest BCUT2D eigenvalue weighted by Crippen LogP contribution is 2.20. The summed E-state index contributed by atoms with van der Waals surface area (Å²) in [4.78, 5) is 2.68. The van der Waals surface area contributed by atoms with E-state index in [1.54, 1.807) is 0 Å². The number of rotatable bonds is 5. The third-order valence-electron chi connectivity index (χ3n) is 4.24. The van der Waals surface area contributed by atoms with Gasteiger partial charge in [-0.05, 0) is 70.2 Å². The molecule has 2 fully saturated rings. The molecule has 0 aromatic rings. The van der Waals surface area contributed by atoms with E-state index < -0.39 is 0 Å². The molecule has 2 rings (SSSR count). The van der Waals surface area contributed by atoms with Gasteiger partial charge in [-0.25, -0.2) is 0 Å². The van der Waals surface area contributed by atoms with E-state index in [1.807, 2.05) is 0 Å². The summed E-state index contributed by atoms with van der Waals surface area (Å²) in [6.07, 6.45) is 7.15. The van der Waals surface area contributed by atoms with Gasteiger partial charge >= 0.3 is 0 Å². The molecule has 0 bridgehead atoms. The van der Waals surface area contributed by atoms with Gasteiger partial charge in [-0.1, -0.05) is 13.3 Å². The third kappa shape index (κ3) is 3.46. The zero-order valence-electron chi connectivity index (χ0n) is 10.2. The van der Waals surface area contributed by atoms with Crippen LogP contribution in [0.3, 0.4) is 0 Å². The molecule has 2 heteroatoms. The van der Waals surface area contributed by atoms with Gasteiger partial charge in [-0.3, -0.25) is 0 Å². The molecule has 2 aliphatic heterocycles. The van der Waals surface area contributed by atoms with Crippen molar-refractivity contribution in [2.45, 2.75) is 39.0 Å². The summed E-state index contributed by atoms with van der Waals surface area (Å²) < 4.78 is 0. The van der Waals surface area contributed by atoms with Gasteiger partial charge in [0.05, 0.1) is 0 Å². The fraction of sp³-hybridized carbons (Fsp3) is 1.00. The van der Waals surface area contributed by atoms with E-state index in [0.29, 0.717) is 0 Å². The number of nitrogens with zero attached hydrogens (tertiary/aromatic N) is 1. The van der Waals surface area contributed by atoms with Crippen LogP contribution in [0, 0.1) is 11.8 Å². The molecule has 0 aliphatic carbocycles. The zero-order chi connectivity index (χ0) is 10.5. The Morgan fingerprint density at radius 2 is 1.87 bits per heavy atom. The van der Waals surface area contributed by atoms with Gasteiger partial charge in [0, 0.05) is 0 Å². The van der Waals surface area contributed by atoms with Crippen LogP contribution < -0.4 is 5.32 Å². The first-order chi connectivity index (χ1) is 7.38. The maximum absolute atomic E-state index is 3.35. The van der Waals surface area contributed by atoms with Crippen molar-refractivity contribution in [3.63, 3.8) is 0 Å².